The fraction of sp³-hybridized carbons (Fsp3) is 0.679. The number of amides is 2. The summed E-state index contributed by atoms with van der Waals surface area (Å²) in [6, 6.07) is 6.71. The summed E-state index contributed by atoms with van der Waals surface area (Å²) in [6.45, 7) is 14.7. The first kappa shape index (κ1) is 27.5. The minimum absolute atomic E-state index is 0.0197. The Morgan fingerprint density at radius 1 is 1.11 bits per heavy atom. The van der Waals surface area contributed by atoms with Crippen LogP contribution in [0.1, 0.15) is 51.4 Å². The fourth-order valence-corrected chi connectivity index (χ4v) is 5.62. The smallest absolute Gasteiger partial charge is 0.251 e. The molecule has 0 aromatic heterocycles. The number of methoxy groups -OCH3 is 1. The van der Waals surface area contributed by atoms with E-state index in [0.717, 1.165) is 31.9 Å². The van der Waals surface area contributed by atoms with Crippen LogP contribution in [0.15, 0.2) is 24.3 Å². The van der Waals surface area contributed by atoms with Crippen LogP contribution in [0.3, 0.4) is 0 Å². The zero-order chi connectivity index (χ0) is 26.9. The predicted molar refractivity (Wildman–Crippen MR) is 142 cm³/mol. The van der Waals surface area contributed by atoms with E-state index in [1.807, 2.05) is 45.0 Å². The molecule has 0 bridgehead atoms. The number of benzene rings is 1. The average Bonchev–Trinajstić information content (AvgIpc) is 3.42. The van der Waals surface area contributed by atoms with Gasteiger partial charge >= 0.3 is 0 Å². The van der Waals surface area contributed by atoms with E-state index in [-0.39, 0.29) is 42.3 Å². The maximum absolute atomic E-state index is 13.7. The SMILES string of the molecule is CO[C@@H]1CN(C(=O)C(CC(C)(C)C)NC(=O)c2ccc(N3CCN(C(C)C)CC3)cc2)[C@@H]2C(=O)CO[C@@H]21. The second-order valence-electron chi connectivity index (χ2n) is 11.9. The number of hydrogen-bond acceptors (Lipinski definition) is 7. The number of nitrogens with zero attached hydrogens (tertiary/aromatic N) is 3. The molecule has 4 atom stereocenters. The van der Waals surface area contributed by atoms with Gasteiger partial charge in [0.2, 0.25) is 5.91 Å². The molecule has 0 spiro atoms. The summed E-state index contributed by atoms with van der Waals surface area (Å²) in [5, 5.41) is 2.97. The third-order valence-corrected chi connectivity index (χ3v) is 7.68. The van der Waals surface area contributed by atoms with E-state index in [9.17, 15) is 14.4 Å². The van der Waals surface area contributed by atoms with Gasteiger partial charge in [0.05, 0.1) is 6.54 Å². The molecule has 2 amide bonds. The van der Waals surface area contributed by atoms with Crippen LogP contribution in [-0.4, -0.2) is 104 Å². The molecule has 4 rings (SSSR count). The van der Waals surface area contributed by atoms with Crippen molar-refractivity contribution in [3.8, 4) is 0 Å². The van der Waals surface area contributed by atoms with Gasteiger partial charge in [-0.15, -0.1) is 0 Å². The maximum Gasteiger partial charge on any atom is 0.251 e. The lowest BCUT2D eigenvalue weighted by Gasteiger charge is -2.38. The molecular weight excluding hydrogens is 472 g/mol. The number of anilines is 1. The highest BCUT2D eigenvalue weighted by Gasteiger charge is 2.53. The topological polar surface area (TPSA) is 91.4 Å². The van der Waals surface area contributed by atoms with Gasteiger partial charge in [0.25, 0.3) is 5.91 Å². The van der Waals surface area contributed by atoms with Crippen LogP contribution in [0.25, 0.3) is 0 Å². The second kappa shape index (κ2) is 11.1. The number of carbonyl (C=O) groups is 3. The number of nitrogens with one attached hydrogen (secondary N) is 1. The monoisotopic (exact) mass is 514 g/mol. The van der Waals surface area contributed by atoms with Gasteiger partial charge in [0.1, 0.15) is 30.9 Å². The lowest BCUT2D eigenvalue weighted by Crippen LogP contribution is -2.53. The zero-order valence-corrected chi connectivity index (χ0v) is 23.0. The Morgan fingerprint density at radius 2 is 1.76 bits per heavy atom. The van der Waals surface area contributed by atoms with E-state index in [4.69, 9.17) is 9.47 Å². The molecule has 1 aromatic rings. The Labute approximate surface area is 220 Å². The van der Waals surface area contributed by atoms with Gasteiger partial charge in [0, 0.05) is 50.6 Å². The van der Waals surface area contributed by atoms with Crippen molar-refractivity contribution in [2.24, 2.45) is 5.41 Å². The summed E-state index contributed by atoms with van der Waals surface area (Å²) in [7, 11) is 1.56. The zero-order valence-electron chi connectivity index (χ0n) is 23.0. The first-order chi connectivity index (χ1) is 17.5. The number of carbonyl (C=O) groups excluding carboxylic acids is 3. The van der Waals surface area contributed by atoms with Gasteiger partial charge in [-0.2, -0.15) is 0 Å². The number of Topliss-reactive ketones (excluding diaryl/α,β-unsaturated/α-hetero) is 1. The Hall–Kier alpha value is -2.49. The molecule has 3 aliphatic heterocycles. The van der Waals surface area contributed by atoms with E-state index in [1.54, 1.807) is 12.0 Å². The van der Waals surface area contributed by atoms with Crippen molar-refractivity contribution >= 4 is 23.3 Å². The first-order valence-corrected chi connectivity index (χ1v) is 13.4. The van der Waals surface area contributed by atoms with Gasteiger partial charge in [-0.1, -0.05) is 20.8 Å². The molecule has 0 radical (unpaired) electrons. The molecule has 1 unspecified atom stereocenters. The van der Waals surface area contributed by atoms with Gasteiger partial charge in [-0.25, -0.2) is 0 Å². The van der Waals surface area contributed by atoms with Crippen molar-refractivity contribution in [2.45, 2.75) is 71.4 Å². The molecule has 3 fully saturated rings. The van der Waals surface area contributed by atoms with Crippen LogP contribution in [-0.2, 0) is 19.1 Å². The van der Waals surface area contributed by atoms with E-state index in [1.165, 1.54) is 0 Å². The molecule has 204 valence electrons. The van der Waals surface area contributed by atoms with Crippen molar-refractivity contribution in [2.75, 3.05) is 51.3 Å². The highest BCUT2D eigenvalue weighted by atomic mass is 16.5. The number of likely N-dealkylation sites (tertiary alicyclic amines) is 1. The molecule has 0 aliphatic carbocycles. The van der Waals surface area contributed by atoms with Crippen molar-refractivity contribution in [3.05, 3.63) is 29.8 Å². The summed E-state index contributed by atoms with van der Waals surface area (Å²) in [6.07, 6.45) is -0.375. The fourth-order valence-electron chi connectivity index (χ4n) is 5.62. The molecule has 3 aliphatic rings. The van der Waals surface area contributed by atoms with E-state index in [2.05, 4.69) is 29.0 Å². The van der Waals surface area contributed by atoms with Crippen molar-refractivity contribution in [1.82, 2.24) is 15.1 Å². The van der Waals surface area contributed by atoms with Crippen molar-refractivity contribution < 1.29 is 23.9 Å². The van der Waals surface area contributed by atoms with Crippen LogP contribution in [0.4, 0.5) is 5.69 Å². The third kappa shape index (κ3) is 6.16. The summed E-state index contributed by atoms with van der Waals surface area (Å²) in [5.74, 6) is -0.688. The number of ketones is 1. The van der Waals surface area contributed by atoms with E-state index >= 15 is 0 Å². The largest absolute Gasteiger partial charge is 0.377 e. The van der Waals surface area contributed by atoms with Gasteiger partial charge in [0.15, 0.2) is 5.78 Å². The van der Waals surface area contributed by atoms with Crippen LogP contribution < -0.4 is 10.2 Å². The predicted octanol–water partition coefficient (Wildman–Crippen LogP) is 1.95. The summed E-state index contributed by atoms with van der Waals surface area (Å²) in [4.78, 5) is 45.8. The number of ether oxygens (including phenoxy) is 2. The van der Waals surface area contributed by atoms with Crippen molar-refractivity contribution in [3.63, 3.8) is 0 Å². The van der Waals surface area contributed by atoms with Crippen LogP contribution >= 0.6 is 0 Å². The quantitative estimate of drug-likeness (QED) is 0.595. The summed E-state index contributed by atoms with van der Waals surface area (Å²) >= 11 is 0. The number of rotatable bonds is 7. The molecule has 1 aromatic carbocycles. The van der Waals surface area contributed by atoms with Crippen molar-refractivity contribution in [1.29, 1.82) is 0 Å². The second-order valence-corrected chi connectivity index (χ2v) is 11.9. The Bertz CT molecular complexity index is 981. The molecule has 3 heterocycles. The first-order valence-electron chi connectivity index (χ1n) is 13.4. The van der Waals surface area contributed by atoms with Gasteiger partial charge < -0.3 is 24.6 Å². The maximum atomic E-state index is 13.7. The number of fused-ring (bicyclic) bond motifs is 1. The lowest BCUT2D eigenvalue weighted by molar-refractivity contribution is -0.138. The lowest BCUT2D eigenvalue weighted by atomic mass is 9.87. The molecular formula is C28H42N4O5. The minimum atomic E-state index is -0.763. The van der Waals surface area contributed by atoms with Crippen LogP contribution in [0, 0.1) is 5.41 Å². The normalized spacial score (nSPS) is 25.5. The van der Waals surface area contributed by atoms with E-state index < -0.39 is 18.2 Å². The van der Waals surface area contributed by atoms with Gasteiger partial charge in [-0.05, 0) is 49.9 Å². The highest BCUT2D eigenvalue weighted by molar-refractivity contribution is 5.99. The number of hydrogen-bond donors (Lipinski definition) is 1. The van der Waals surface area contributed by atoms with Crippen LogP contribution in [0.5, 0.6) is 0 Å². The highest BCUT2D eigenvalue weighted by Crippen LogP contribution is 2.31. The number of piperazine rings is 1. The average molecular weight is 515 g/mol. The molecule has 9 heteroatoms. The molecule has 3 saturated heterocycles. The molecule has 9 nitrogen and oxygen atoms in total. The Kier molecular flexibility index (Phi) is 8.26. The van der Waals surface area contributed by atoms with Gasteiger partial charge in [-0.3, -0.25) is 19.3 Å². The standard InChI is InChI=1S/C28H42N4O5/c1-18(2)30-11-13-31(14-12-30)20-9-7-19(8-10-20)26(34)29-21(15-28(3,4)5)27(35)32-16-23(36-6)25-24(32)22(33)17-37-25/h7-10,18,21,23-25H,11-17H2,1-6H3,(H,29,34)/t21?,23-,24-,25-/m1/s1. The summed E-state index contributed by atoms with van der Waals surface area (Å²) in [5.41, 5.74) is 1.38. The summed E-state index contributed by atoms with van der Waals surface area (Å²) < 4.78 is 11.1. The molecule has 1 N–H and O–H groups in total. The Morgan fingerprint density at radius 3 is 2.32 bits per heavy atom. The third-order valence-electron chi connectivity index (χ3n) is 7.68. The van der Waals surface area contributed by atoms with E-state index in [0.29, 0.717) is 18.0 Å². The minimum Gasteiger partial charge on any atom is -0.377 e. The van der Waals surface area contributed by atoms with Crippen LogP contribution in [0.2, 0.25) is 0 Å². The molecule has 37 heavy (non-hydrogen) atoms. The Balaban J connectivity index is 1.45. The molecule has 0 saturated carbocycles.